The van der Waals surface area contributed by atoms with Crippen LogP contribution in [0, 0.1) is 23.1 Å². The van der Waals surface area contributed by atoms with E-state index in [0.29, 0.717) is 64.4 Å². The highest BCUT2D eigenvalue weighted by Gasteiger charge is 2.47. The van der Waals surface area contributed by atoms with Gasteiger partial charge in [0.25, 0.3) is 0 Å². The van der Waals surface area contributed by atoms with E-state index in [0.717, 1.165) is 6.08 Å². The van der Waals surface area contributed by atoms with E-state index in [9.17, 15) is 14.0 Å². The summed E-state index contributed by atoms with van der Waals surface area (Å²) in [5.74, 6) is -1.40. The Kier molecular flexibility index (Phi) is 9.76. The number of esters is 1. The van der Waals surface area contributed by atoms with Crippen LogP contribution in [0.3, 0.4) is 0 Å². The maximum atomic E-state index is 14.5. The molecule has 0 spiro atoms. The van der Waals surface area contributed by atoms with E-state index in [-0.39, 0.29) is 11.5 Å². The molecule has 1 fully saturated rings. The molecule has 1 aromatic heterocycles. The second-order valence-electron chi connectivity index (χ2n) is 11.6. The van der Waals surface area contributed by atoms with E-state index in [2.05, 4.69) is 20.8 Å². The van der Waals surface area contributed by atoms with Crippen molar-refractivity contribution in [2.45, 2.75) is 44.8 Å². The third kappa shape index (κ3) is 7.09. The Morgan fingerprint density at radius 2 is 1.82 bits per heavy atom. The molecule has 4 rings (SSSR count). The highest BCUT2D eigenvalue weighted by molar-refractivity contribution is 9.10. The monoisotopic (exact) mass is 664 g/mol. The van der Waals surface area contributed by atoms with Crippen molar-refractivity contribution in [3.63, 3.8) is 0 Å². The number of halogens is 2. The third-order valence-electron chi connectivity index (χ3n) is 7.50. The van der Waals surface area contributed by atoms with Crippen LogP contribution in [0.5, 0.6) is 5.75 Å². The summed E-state index contributed by atoms with van der Waals surface area (Å²) in [6.45, 7) is 6.41. The number of hydrogen-bond donors (Lipinski definition) is 2. The van der Waals surface area contributed by atoms with Gasteiger partial charge in [0.05, 0.1) is 22.8 Å². The second-order valence-corrected chi connectivity index (χ2v) is 12.4. The van der Waals surface area contributed by atoms with Gasteiger partial charge in [-0.2, -0.15) is 5.26 Å². The van der Waals surface area contributed by atoms with Gasteiger partial charge in [0.1, 0.15) is 34.6 Å². The smallest absolute Gasteiger partial charge is 0.331 e. The molecule has 0 aliphatic carbocycles. The molecule has 1 aliphatic rings. The third-order valence-corrected chi connectivity index (χ3v) is 8.27. The van der Waals surface area contributed by atoms with E-state index < -0.39 is 28.9 Å². The van der Waals surface area contributed by atoms with Gasteiger partial charge < -0.3 is 25.2 Å². The number of piperidine rings is 1. The molecule has 9 nitrogen and oxygen atoms in total. The molecule has 0 bridgehead atoms. The molecule has 1 atom stereocenters. The van der Waals surface area contributed by atoms with E-state index in [1.807, 2.05) is 6.07 Å². The van der Waals surface area contributed by atoms with Gasteiger partial charge in [-0.25, -0.2) is 19.0 Å². The first-order valence-corrected chi connectivity index (χ1v) is 14.8. The van der Waals surface area contributed by atoms with Gasteiger partial charge in [-0.05, 0) is 84.8 Å². The van der Waals surface area contributed by atoms with Crippen LogP contribution in [0.2, 0.25) is 0 Å². The van der Waals surface area contributed by atoms with Gasteiger partial charge in [-0.15, -0.1) is 0 Å². The summed E-state index contributed by atoms with van der Waals surface area (Å²) in [5.41, 5.74) is 6.91. The molecule has 0 saturated carbocycles. The number of nitrogens with two attached hydrogens (primary N) is 1. The lowest BCUT2D eigenvalue weighted by molar-refractivity contribution is -0.165. The summed E-state index contributed by atoms with van der Waals surface area (Å²) in [7, 11) is 1.53. The molecule has 11 heteroatoms. The minimum atomic E-state index is -1.45. The number of nitriles is 1. The Hall–Kier alpha value is -4.27. The fourth-order valence-corrected chi connectivity index (χ4v) is 5.83. The van der Waals surface area contributed by atoms with Crippen molar-refractivity contribution in [2.24, 2.45) is 11.7 Å². The van der Waals surface area contributed by atoms with Crippen molar-refractivity contribution in [2.75, 3.05) is 25.1 Å². The molecule has 0 radical (unpaired) electrons. The van der Waals surface area contributed by atoms with Crippen LogP contribution < -0.4 is 15.4 Å². The molecule has 1 saturated heterocycles. The van der Waals surface area contributed by atoms with Crippen molar-refractivity contribution >= 4 is 39.8 Å². The average molecular weight is 666 g/mol. The maximum Gasteiger partial charge on any atom is 0.331 e. The number of methoxy groups -OCH3 is 1. The summed E-state index contributed by atoms with van der Waals surface area (Å²) in [6.07, 6.45) is 3.59. The second kappa shape index (κ2) is 13.2. The molecule has 1 unspecified atom stereocenters. The zero-order valence-corrected chi connectivity index (χ0v) is 26.5. The molecule has 2 heterocycles. The zero-order chi connectivity index (χ0) is 32.2. The first kappa shape index (κ1) is 32.6. The summed E-state index contributed by atoms with van der Waals surface area (Å²) in [4.78, 5) is 31.5. The number of nitrogens with zero attached hydrogens (tertiary/aromatic N) is 3. The van der Waals surface area contributed by atoms with Gasteiger partial charge in [0, 0.05) is 30.8 Å². The number of carboxylic acids is 1. The van der Waals surface area contributed by atoms with Crippen LogP contribution in [0.4, 0.5) is 10.2 Å². The van der Waals surface area contributed by atoms with Crippen molar-refractivity contribution in [1.29, 1.82) is 5.26 Å². The van der Waals surface area contributed by atoms with E-state index in [4.69, 9.17) is 30.6 Å². The maximum absolute atomic E-state index is 14.5. The number of carbonyl (C=O) groups excluding carboxylic acids is 1. The number of carboxylic acid groups (broad SMARTS) is 1. The van der Waals surface area contributed by atoms with Crippen molar-refractivity contribution < 1.29 is 28.6 Å². The Labute approximate surface area is 264 Å². The van der Waals surface area contributed by atoms with Crippen LogP contribution in [0.1, 0.15) is 50.3 Å². The van der Waals surface area contributed by atoms with Crippen molar-refractivity contribution in [1.82, 2.24) is 4.98 Å². The number of rotatable bonds is 8. The van der Waals surface area contributed by atoms with Gasteiger partial charge in [-0.1, -0.05) is 30.3 Å². The SMILES string of the molecule is COc1cc(N2CCC(C(N)(C(=O)OC(C)(C)C)c3ccc(C=CC(=O)O)cc3)CC2)nc(-c2ccc(C#N)c(F)c2)c1Br. The number of pyridine rings is 1. The summed E-state index contributed by atoms with van der Waals surface area (Å²) < 4.78 is 26.4. The summed E-state index contributed by atoms with van der Waals surface area (Å²) >= 11 is 3.52. The molecule has 230 valence electrons. The van der Waals surface area contributed by atoms with Gasteiger partial charge >= 0.3 is 11.9 Å². The fraction of sp³-hybridized carbons (Fsp3) is 0.333. The fourth-order valence-electron chi connectivity index (χ4n) is 5.23. The predicted octanol–water partition coefficient (Wildman–Crippen LogP) is 6.04. The summed E-state index contributed by atoms with van der Waals surface area (Å²) in [5, 5.41) is 18.1. The first-order chi connectivity index (χ1) is 20.8. The minimum absolute atomic E-state index is 0.0586. The highest BCUT2D eigenvalue weighted by Crippen LogP contribution is 2.41. The molecule has 0 amide bonds. The molecule has 3 aromatic rings. The van der Waals surface area contributed by atoms with Crippen LogP contribution in [-0.2, 0) is 19.9 Å². The van der Waals surface area contributed by atoms with Crippen LogP contribution >= 0.6 is 15.9 Å². The van der Waals surface area contributed by atoms with Gasteiger partial charge in [0.15, 0.2) is 0 Å². The topological polar surface area (TPSA) is 139 Å². The standard InChI is InChI=1S/C33H34BrFN4O5/c1-32(2,3)44-31(42)33(37,23-10-5-20(6-11-23)7-12-28(40)41)24-13-15-39(16-14-24)27-18-26(43-4)29(34)30(38-27)21-8-9-22(19-36)25(35)17-21/h5-12,17-18,24H,13-16,37H2,1-4H3,(H,40,41). The number of aromatic nitrogens is 1. The quantitative estimate of drug-likeness (QED) is 0.218. The van der Waals surface area contributed by atoms with Crippen LogP contribution in [0.15, 0.2) is 59.1 Å². The molecule has 44 heavy (non-hydrogen) atoms. The van der Waals surface area contributed by atoms with E-state index >= 15 is 0 Å². The van der Waals surface area contributed by atoms with Gasteiger partial charge in [0.2, 0.25) is 0 Å². The Bertz CT molecular complexity index is 1620. The van der Waals surface area contributed by atoms with Gasteiger partial charge in [-0.3, -0.25) is 0 Å². The van der Waals surface area contributed by atoms with E-state index in [1.165, 1.54) is 25.3 Å². The van der Waals surface area contributed by atoms with Crippen LogP contribution in [0.25, 0.3) is 17.3 Å². The molecular formula is C33H34BrFN4O5. The molecule has 2 aromatic carbocycles. The first-order valence-electron chi connectivity index (χ1n) is 14.0. The average Bonchev–Trinajstić information content (AvgIpc) is 2.99. The number of carbonyl (C=O) groups is 2. The highest BCUT2D eigenvalue weighted by atomic mass is 79.9. The molecular weight excluding hydrogens is 631 g/mol. The number of anilines is 1. The lowest BCUT2D eigenvalue weighted by atomic mass is 9.73. The predicted molar refractivity (Wildman–Crippen MR) is 168 cm³/mol. The molecule has 3 N–H and O–H groups in total. The Balaban J connectivity index is 1.64. The number of aliphatic carboxylic acids is 1. The van der Waals surface area contributed by atoms with Crippen LogP contribution in [-0.4, -0.2) is 47.8 Å². The summed E-state index contributed by atoms with van der Waals surface area (Å²) in [6, 6.07) is 14.9. The normalized spacial score (nSPS) is 15.5. The Morgan fingerprint density at radius 1 is 1.16 bits per heavy atom. The van der Waals surface area contributed by atoms with Crippen molar-refractivity contribution in [3.8, 4) is 23.1 Å². The van der Waals surface area contributed by atoms with E-state index in [1.54, 1.807) is 57.2 Å². The van der Waals surface area contributed by atoms with Crippen molar-refractivity contribution in [3.05, 3.63) is 81.6 Å². The zero-order valence-electron chi connectivity index (χ0n) is 24.9. The number of ether oxygens (including phenoxy) is 2. The number of hydrogen-bond acceptors (Lipinski definition) is 8. The minimum Gasteiger partial charge on any atom is -0.495 e. The Morgan fingerprint density at radius 3 is 2.36 bits per heavy atom. The molecule has 1 aliphatic heterocycles. The number of benzene rings is 2. The lowest BCUT2D eigenvalue weighted by Crippen LogP contribution is -2.56. The lowest BCUT2D eigenvalue weighted by Gasteiger charge is -2.42. The largest absolute Gasteiger partial charge is 0.495 e.